The van der Waals surface area contributed by atoms with Crippen molar-refractivity contribution in [1.82, 2.24) is 57.0 Å². The van der Waals surface area contributed by atoms with Crippen molar-refractivity contribution in [2.24, 2.45) is 0 Å². The number of hydrogen-bond donors (Lipinski definition) is 9. The third-order valence-corrected chi connectivity index (χ3v) is 17.8. The molecule has 9 N–H and O–H groups in total. The fourth-order valence-corrected chi connectivity index (χ4v) is 12.1. The second-order valence-electron chi connectivity index (χ2n) is 25.1. The molecule has 4 aliphatic rings. The first-order valence-electron chi connectivity index (χ1n) is 35.6. The largest absolute Gasteiger partial charge is 0.458 e. The Hall–Kier alpha value is -9.11. The fourth-order valence-electron chi connectivity index (χ4n) is 12.1. The highest BCUT2D eigenvalue weighted by Crippen LogP contribution is 2.46. The summed E-state index contributed by atoms with van der Waals surface area (Å²) in [5.41, 5.74) is 1.75. The molecule has 0 fully saturated rings. The molecule has 0 saturated heterocycles. The fraction of sp³-hybridized carbons (Fsp3) is 0.556. The Balaban J connectivity index is 0.605. The number of hydrogen-bond acceptors (Lipinski definition) is 25. The smallest absolute Gasteiger partial charge is 0.343 e. The van der Waals surface area contributed by atoms with Crippen LogP contribution in [0, 0.1) is 12.7 Å². The summed E-state index contributed by atoms with van der Waals surface area (Å²) in [6, 6.07) is 8.83. The minimum absolute atomic E-state index is 0.0231. The van der Waals surface area contributed by atoms with Crippen LogP contribution in [0.25, 0.3) is 22.3 Å². The average Bonchev–Trinajstić information content (AvgIpc) is 1.59. The zero-order chi connectivity index (χ0) is 76.7. The summed E-state index contributed by atoms with van der Waals surface area (Å²) in [4.78, 5) is 148. The molecule has 0 spiro atoms. The molecule has 0 radical (unpaired) electrons. The van der Waals surface area contributed by atoms with E-state index in [0.29, 0.717) is 155 Å². The maximum Gasteiger partial charge on any atom is 0.343 e. The van der Waals surface area contributed by atoms with E-state index in [9.17, 15) is 57.8 Å². The molecule has 0 bridgehead atoms. The summed E-state index contributed by atoms with van der Waals surface area (Å²) in [5, 5.41) is 33.1. The molecule has 34 nitrogen and oxygen atoms in total. The Labute approximate surface area is 616 Å². The van der Waals surface area contributed by atoms with Crippen molar-refractivity contribution < 1.29 is 110 Å². The summed E-state index contributed by atoms with van der Waals surface area (Å²) in [5.74, 6) is -6.69. The number of amides is 9. The second kappa shape index (κ2) is 43.0. The number of carbonyl (C=O) groups excluding carboxylic acids is 10. The van der Waals surface area contributed by atoms with Gasteiger partial charge in [0.15, 0.2) is 5.60 Å². The van der Waals surface area contributed by atoms with Gasteiger partial charge in [-0.3, -0.25) is 52.8 Å². The molecule has 2 aromatic heterocycles. The number of nitrogens with zero attached hydrogens (tertiary/aromatic N) is 3. The number of aromatic nitrogens is 2. The van der Waals surface area contributed by atoms with Crippen LogP contribution < -0.4 is 48.1 Å². The van der Waals surface area contributed by atoms with E-state index >= 15 is 4.39 Å². The van der Waals surface area contributed by atoms with Crippen molar-refractivity contribution in [3.63, 3.8) is 0 Å². The molecule has 9 amide bonds. The van der Waals surface area contributed by atoms with Gasteiger partial charge in [0, 0.05) is 60.7 Å². The highest BCUT2D eigenvalue weighted by Gasteiger charge is 2.46. The molecule has 35 heteroatoms. The van der Waals surface area contributed by atoms with Crippen LogP contribution in [0.3, 0.4) is 0 Å². The standard InChI is InChI=1S/C72H96FN11O23/c1-5-72(96)51-36-56-66-49(42-83(56)70(94)50(51)43-106-71(72)95)65-53(12-11-48-45(2)52(73)37-54(81-66)64(48)65)82-67(91)46(3)107-44-79-60(87)40-78-68(92)55(35-47-9-7-6-8-10-47)80-61(88)41-77-59(86)39-76-58(85)15-17-97-19-21-99-23-25-101-27-29-103-31-33-105-34-32-104-30-28-102-26-24-100-22-20-98-18-16-75-69(93)57(38-74-4)84-62(89)13-14-63(84)90/h6-10,13-14,36-37,46,53,55,57,74,96H,5,11-12,15-35,38-44H2,1-4H3,(H,75,93)(H,76,85)(H,77,86)(H,78,92)(H,79,87)(H,80,88)(H,82,91)/t46-,53-,55-,57-,72-/m0/s1. The number of benzene rings is 2. The molecule has 0 unspecified atom stereocenters. The monoisotopic (exact) mass is 1500 g/mol. The van der Waals surface area contributed by atoms with Crippen LogP contribution in [0.2, 0.25) is 0 Å². The Kier molecular flexibility index (Phi) is 33.6. The SMILES string of the molecule is CC[C@@]1(O)C(=O)OCc2c1cc1n(c2=O)Cc2c-1nc1cc(F)c(C)c3c1c2[C@@H](NC(=O)[C@H](C)OCNC(=O)CNC(=O)[C@H](Cc1ccccc1)NC(=O)CNC(=O)CNC(=O)CCOCCOCCOCCOCCOCCOCCOCCOCCOCCNC(=O)[C@H](CNC)N1C(=O)C=CC1=O)CC3. The Morgan fingerprint density at radius 3 is 1.80 bits per heavy atom. The number of carbonyl (C=O) groups is 10. The number of rotatable bonds is 50. The van der Waals surface area contributed by atoms with Gasteiger partial charge in [-0.05, 0) is 68.5 Å². The van der Waals surface area contributed by atoms with Crippen LogP contribution in [-0.4, -0.2) is 262 Å². The first-order valence-corrected chi connectivity index (χ1v) is 35.6. The van der Waals surface area contributed by atoms with Crippen LogP contribution in [0.1, 0.15) is 78.1 Å². The van der Waals surface area contributed by atoms with E-state index in [1.807, 2.05) is 0 Å². The number of nitrogens with one attached hydrogen (secondary N) is 8. The molecule has 3 aliphatic heterocycles. The molecule has 0 saturated carbocycles. The van der Waals surface area contributed by atoms with Gasteiger partial charge in [0.2, 0.25) is 41.4 Å². The van der Waals surface area contributed by atoms with E-state index in [1.165, 1.54) is 17.6 Å². The molecule has 5 heterocycles. The number of halogens is 1. The maximum absolute atomic E-state index is 15.5. The van der Waals surface area contributed by atoms with Gasteiger partial charge >= 0.3 is 5.97 Å². The van der Waals surface area contributed by atoms with E-state index in [4.69, 9.17) is 57.1 Å². The van der Waals surface area contributed by atoms with Crippen molar-refractivity contribution in [2.45, 2.75) is 95.9 Å². The summed E-state index contributed by atoms with van der Waals surface area (Å²) in [7, 11) is 1.62. The van der Waals surface area contributed by atoms with Crippen molar-refractivity contribution in [1.29, 1.82) is 0 Å². The number of pyridine rings is 2. The number of esters is 1. The van der Waals surface area contributed by atoms with E-state index in [-0.39, 0.29) is 83.1 Å². The maximum atomic E-state index is 15.5. The number of aryl methyl sites for hydroxylation is 1. The molecule has 584 valence electrons. The number of cyclic esters (lactones) is 1. The lowest BCUT2D eigenvalue weighted by Gasteiger charge is -2.31. The lowest BCUT2D eigenvalue weighted by molar-refractivity contribution is -0.172. The first kappa shape index (κ1) is 83.5. The molecule has 4 aromatic rings. The number of ether oxygens (including phenoxy) is 11. The number of fused-ring (bicyclic) bond motifs is 5. The van der Waals surface area contributed by atoms with Gasteiger partial charge in [0.05, 0.1) is 174 Å². The second-order valence-corrected chi connectivity index (χ2v) is 25.1. The summed E-state index contributed by atoms with van der Waals surface area (Å²) >= 11 is 0. The number of imide groups is 1. The van der Waals surface area contributed by atoms with Gasteiger partial charge in [-0.1, -0.05) is 37.3 Å². The van der Waals surface area contributed by atoms with Gasteiger partial charge in [-0.2, -0.15) is 0 Å². The van der Waals surface area contributed by atoms with Crippen LogP contribution in [-0.2, 0) is 132 Å². The number of aliphatic hydroxyl groups is 1. The van der Waals surface area contributed by atoms with Crippen molar-refractivity contribution in [2.75, 3.05) is 165 Å². The van der Waals surface area contributed by atoms with E-state index in [0.717, 1.165) is 17.1 Å². The molecule has 5 atom stereocenters. The molecule has 1 aliphatic carbocycles. The minimum Gasteiger partial charge on any atom is -0.458 e. The van der Waals surface area contributed by atoms with E-state index < -0.39 is 127 Å². The molecule has 2 aromatic carbocycles. The van der Waals surface area contributed by atoms with Gasteiger partial charge in [-0.25, -0.2) is 14.2 Å². The van der Waals surface area contributed by atoms with Crippen molar-refractivity contribution in [3.8, 4) is 11.4 Å². The molecule has 107 heavy (non-hydrogen) atoms. The zero-order valence-electron chi connectivity index (χ0n) is 60.6. The lowest BCUT2D eigenvalue weighted by atomic mass is 9.81. The Bertz CT molecular complexity index is 3830. The quantitative estimate of drug-likeness (QED) is 0.00912. The first-order chi connectivity index (χ1) is 51.7. The van der Waals surface area contributed by atoms with Gasteiger partial charge in [0.25, 0.3) is 17.4 Å². The van der Waals surface area contributed by atoms with Crippen molar-refractivity contribution in [3.05, 3.63) is 110 Å². The third kappa shape index (κ3) is 24.2. The Morgan fingerprint density at radius 2 is 1.21 bits per heavy atom. The highest BCUT2D eigenvalue weighted by molar-refractivity contribution is 6.15. The zero-order valence-corrected chi connectivity index (χ0v) is 60.6. The summed E-state index contributed by atoms with van der Waals surface area (Å²) in [6.07, 6.45) is 1.80. The van der Waals surface area contributed by atoms with Gasteiger partial charge < -0.3 is 104 Å². The third-order valence-electron chi connectivity index (χ3n) is 17.8. The van der Waals surface area contributed by atoms with Gasteiger partial charge in [0.1, 0.15) is 37.3 Å². The predicted octanol–water partition coefficient (Wildman–Crippen LogP) is -1.65. The van der Waals surface area contributed by atoms with E-state index in [2.05, 4.69) is 42.5 Å². The lowest BCUT2D eigenvalue weighted by Crippen LogP contribution is -2.54. The average molecular weight is 1500 g/mol. The van der Waals surface area contributed by atoms with E-state index in [1.54, 1.807) is 57.3 Å². The molecular formula is C72H96FN11O23. The molecule has 8 rings (SSSR count). The van der Waals surface area contributed by atoms with Crippen LogP contribution in [0.4, 0.5) is 4.39 Å². The summed E-state index contributed by atoms with van der Waals surface area (Å²) in [6.45, 7) is 8.72. The minimum atomic E-state index is -2.07. The topological polar surface area (TPSA) is 427 Å². The van der Waals surface area contributed by atoms with Gasteiger partial charge in [-0.15, -0.1) is 0 Å². The Morgan fingerprint density at radius 1 is 0.664 bits per heavy atom. The summed E-state index contributed by atoms with van der Waals surface area (Å²) < 4.78 is 77.3. The van der Waals surface area contributed by atoms with Crippen LogP contribution >= 0.6 is 0 Å². The molecular weight excluding hydrogens is 1410 g/mol. The highest BCUT2D eigenvalue weighted by atomic mass is 19.1. The van der Waals surface area contributed by atoms with Crippen LogP contribution in [0.5, 0.6) is 0 Å². The normalized spacial score (nSPS) is 16.3. The predicted molar refractivity (Wildman–Crippen MR) is 377 cm³/mol. The van der Waals surface area contributed by atoms with Crippen LogP contribution in [0.15, 0.2) is 59.4 Å². The number of likely N-dealkylation sites (N-methyl/N-ethyl adjacent to an activating group) is 1. The van der Waals surface area contributed by atoms with Crippen molar-refractivity contribution >= 4 is 70.0 Å².